The average Bonchev–Trinajstić information content (AvgIpc) is 3.59. The highest BCUT2D eigenvalue weighted by Crippen LogP contribution is 2.37. The third kappa shape index (κ3) is 5.47. The molecule has 5 aromatic rings. The molecule has 42 heavy (non-hydrogen) atoms. The van der Waals surface area contributed by atoms with Crippen molar-refractivity contribution in [1.29, 1.82) is 0 Å². The summed E-state index contributed by atoms with van der Waals surface area (Å²) in [6, 6.07) is 11.7. The molecule has 1 saturated heterocycles. The fourth-order valence-electron chi connectivity index (χ4n) is 5.50. The average molecular weight is 578 g/mol. The molecule has 5 heterocycles. The van der Waals surface area contributed by atoms with Crippen molar-refractivity contribution in [2.24, 2.45) is 5.92 Å². The minimum atomic E-state index is -4.51. The molecular weight excluding hydrogens is 547 g/mol. The number of halogens is 3. The summed E-state index contributed by atoms with van der Waals surface area (Å²) >= 11 is 0. The van der Waals surface area contributed by atoms with Crippen LogP contribution in [0.2, 0.25) is 0 Å². The van der Waals surface area contributed by atoms with Crippen molar-refractivity contribution >= 4 is 11.6 Å². The fourth-order valence-corrected chi connectivity index (χ4v) is 5.50. The molecule has 1 fully saturated rings. The lowest BCUT2D eigenvalue weighted by molar-refractivity contribution is -0.141. The van der Waals surface area contributed by atoms with Crippen LogP contribution in [0.15, 0.2) is 67.3 Å². The maximum Gasteiger partial charge on any atom is 0.433 e. The smallest absolute Gasteiger partial charge is 0.386 e. The number of aromatic nitrogens is 6. The Morgan fingerprint density at radius 3 is 2.48 bits per heavy atom. The molecule has 0 aliphatic carbocycles. The summed E-state index contributed by atoms with van der Waals surface area (Å²) in [4.78, 5) is 8.14. The van der Waals surface area contributed by atoms with Crippen LogP contribution in [0, 0.1) is 5.92 Å². The number of ether oxygens (including phenoxy) is 1. The normalized spacial score (nSPS) is 15.8. The minimum absolute atomic E-state index is 0.0998. The maximum absolute atomic E-state index is 13.2. The fraction of sp³-hybridized carbons (Fsp3) is 0.333. The molecule has 0 saturated carbocycles. The number of hydrogen-bond acceptors (Lipinski definition) is 7. The molecular formula is C30H30F3N7O2. The van der Waals surface area contributed by atoms with Crippen LogP contribution in [-0.2, 0) is 16.5 Å². The number of aliphatic hydroxyl groups is 1. The Balaban J connectivity index is 1.43. The number of alkyl halides is 3. The van der Waals surface area contributed by atoms with Crippen LogP contribution in [0.1, 0.15) is 49.6 Å². The molecule has 1 aromatic carbocycles. The molecule has 9 nitrogen and oxygen atoms in total. The van der Waals surface area contributed by atoms with Crippen molar-refractivity contribution in [3.05, 3.63) is 84.1 Å². The first kappa shape index (κ1) is 27.9. The van der Waals surface area contributed by atoms with E-state index in [1.807, 2.05) is 42.7 Å². The van der Waals surface area contributed by atoms with Crippen molar-refractivity contribution < 1.29 is 23.0 Å². The van der Waals surface area contributed by atoms with Gasteiger partial charge in [-0.1, -0.05) is 24.3 Å². The van der Waals surface area contributed by atoms with Crippen LogP contribution < -0.4 is 5.73 Å². The number of hydrogen-bond donors (Lipinski definition) is 2. The minimum Gasteiger partial charge on any atom is -0.386 e. The van der Waals surface area contributed by atoms with Gasteiger partial charge in [0.25, 0.3) is 0 Å². The van der Waals surface area contributed by atoms with E-state index >= 15 is 0 Å². The molecule has 0 bridgehead atoms. The second-order valence-electron chi connectivity index (χ2n) is 11.1. The van der Waals surface area contributed by atoms with Gasteiger partial charge in [0.2, 0.25) is 5.95 Å². The van der Waals surface area contributed by atoms with Crippen molar-refractivity contribution in [2.45, 2.75) is 44.5 Å². The predicted octanol–water partition coefficient (Wildman–Crippen LogP) is 5.50. The van der Waals surface area contributed by atoms with Gasteiger partial charge in [-0.3, -0.25) is 9.67 Å². The Labute approximate surface area is 239 Å². The maximum atomic E-state index is 13.2. The third-order valence-electron chi connectivity index (χ3n) is 7.68. The zero-order valence-electron chi connectivity index (χ0n) is 23.1. The van der Waals surface area contributed by atoms with E-state index in [0.717, 1.165) is 46.7 Å². The van der Waals surface area contributed by atoms with Crippen LogP contribution in [0.5, 0.6) is 0 Å². The monoisotopic (exact) mass is 577 g/mol. The van der Waals surface area contributed by atoms with E-state index in [0.29, 0.717) is 24.4 Å². The van der Waals surface area contributed by atoms with Crippen molar-refractivity contribution in [3.8, 4) is 22.3 Å². The lowest BCUT2D eigenvalue weighted by Gasteiger charge is -2.30. The molecule has 1 aliphatic rings. The van der Waals surface area contributed by atoms with Crippen molar-refractivity contribution in [3.63, 3.8) is 0 Å². The number of nitrogens with two attached hydrogens (primary N) is 1. The summed E-state index contributed by atoms with van der Waals surface area (Å²) < 4.78 is 48.6. The number of anilines is 1. The molecule has 1 unspecified atom stereocenters. The van der Waals surface area contributed by atoms with Crippen LogP contribution in [0.3, 0.4) is 0 Å². The van der Waals surface area contributed by atoms with Gasteiger partial charge in [0.1, 0.15) is 5.69 Å². The molecule has 6 rings (SSSR count). The van der Waals surface area contributed by atoms with Gasteiger partial charge in [-0.25, -0.2) is 4.52 Å². The molecule has 0 spiro atoms. The second-order valence-corrected chi connectivity index (χ2v) is 11.1. The molecule has 3 N–H and O–H groups in total. The third-order valence-corrected chi connectivity index (χ3v) is 7.68. The number of benzene rings is 1. The number of nitrogen functional groups attached to an aromatic ring is 1. The van der Waals surface area contributed by atoms with E-state index < -0.39 is 17.5 Å². The van der Waals surface area contributed by atoms with E-state index in [9.17, 15) is 18.3 Å². The summed E-state index contributed by atoms with van der Waals surface area (Å²) in [5, 5.41) is 19.6. The SMILES string of the molecule is CC(C)(O)c1cccc(-c2cc(-c3cnn(C(c4ccc(C(F)(F)F)nc4)C4CCOCC4)c3)cn3nc(N)nc23)c1. The number of rotatable bonds is 6. The molecule has 0 amide bonds. The van der Waals surface area contributed by atoms with Crippen molar-refractivity contribution in [2.75, 3.05) is 18.9 Å². The van der Waals surface area contributed by atoms with E-state index in [1.165, 1.54) is 12.3 Å². The predicted molar refractivity (Wildman–Crippen MR) is 150 cm³/mol. The first-order valence-electron chi connectivity index (χ1n) is 13.6. The van der Waals surface area contributed by atoms with Gasteiger partial charge in [0.05, 0.1) is 17.8 Å². The number of fused-ring (bicyclic) bond motifs is 1. The topological polar surface area (TPSA) is 116 Å². The van der Waals surface area contributed by atoms with Crippen LogP contribution in [0.25, 0.3) is 27.9 Å². The highest BCUT2D eigenvalue weighted by atomic mass is 19.4. The first-order chi connectivity index (χ1) is 20.0. The van der Waals surface area contributed by atoms with Gasteiger partial charge >= 0.3 is 6.18 Å². The molecule has 1 aliphatic heterocycles. The lowest BCUT2D eigenvalue weighted by Crippen LogP contribution is -2.27. The Hall–Kier alpha value is -4.29. The summed E-state index contributed by atoms with van der Waals surface area (Å²) in [6.07, 6.45) is 3.69. The van der Waals surface area contributed by atoms with E-state index in [1.54, 1.807) is 29.2 Å². The summed E-state index contributed by atoms with van der Waals surface area (Å²) in [6.45, 7) is 4.59. The summed E-state index contributed by atoms with van der Waals surface area (Å²) in [7, 11) is 0. The Morgan fingerprint density at radius 2 is 1.79 bits per heavy atom. The van der Waals surface area contributed by atoms with Crippen LogP contribution in [0.4, 0.5) is 19.1 Å². The second kappa shape index (κ2) is 10.5. The number of nitrogens with zero attached hydrogens (tertiary/aromatic N) is 6. The molecule has 0 radical (unpaired) electrons. The lowest BCUT2D eigenvalue weighted by atomic mass is 9.87. The van der Waals surface area contributed by atoms with Gasteiger partial charge < -0.3 is 15.6 Å². The summed E-state index contributed by atoms with van der Waals surface area (Å²) in [5.74, 6) is 0.222. The molecule has 12 heteroatoms. The summed E-state index contributed by atoms with van der Waals surface area (Å²) in [5.41, 5.74) is 9.12. The Bertz CT molecular complexity index is 1720. The van der Waals surface area contributed by atoms with E-state index in [4.69, 9.17) is 10.5 Å². The van der Waals surface area contributed by atoms with Gasteiger partial charge in [0, 0.05) is 48.5 Å². The van der Waals surface area contributed by atoms with Gasteiger partial charge in [0.15, 0.2) is 5.65 Å². The largest absolute Gasteiger partial charge is 0.433 e. The Kier molecular flexibility index (Phi) is 6.98. The first-order valence-corrected chi connectivity index (χ1v) is 13.6. The van der Waals surface area contributed by atoms with Crippen molar-refractivity contribution in [1.82, 2.24) is 29.4 Å². The quantitative estimate of drug-likeness (QED) is 0.274. The van der Waals surface area contributed by atoms with E-state index in [-0.39, 0.29) is 17.9 Å². The highest BCUT2D eigenvalue weighted by Gasteiger charge is 2.34. The molecule has 1 atom stereocenters. The zero-order chi connectivity index (χ0) is 29.6. The van der Waals surface area contributed by atoms with Gasteiger partial charge in [-0.05, 0) is 67.5 Å². The van der Waals surface area contributed by atoms with Crippen LogP contribution in [-0.4, -0.2) is 47.7 Å². The molecule has 218 valence electrons. The standard InChI is InChI=1S/C30H30F3N7O2/c1-29(2,41)23-5-3-4-19(12-23)24-13-21(16-40-27(24)37-28(34)38-40)22-15-36-39(17-22)26(18-8-10-42-11-9-18)20-6-7-25(35-14-20)30(31,32)33/h3-7,12-18,26,41H,8-11H2,1-2H3,(H2,34,38). The molecule has 4 aromatic heterocycles. The van der Waals surface area contributed by atoms with Gasteiger partial charge in [-0.15, -0.1) is 5.10 Å². The van der Waals surface area contributed by atoms with E-state index in [2.05, 4.69) is 20.2 Å². The zero-order valence-corrected chi connectivity index (χ0v) is 23.1. The highest BCUT2D eigenvalue weighted by molar-refractivity contribution is 5.82. The van der Waals surface area contributed by atoms with Crippen LogP contribution >= 0.6 is 0 Å². The number of pyridine rings is 2. The Morgan fingerprint density at radius 1 is 1.00 bits per heavy atom. The van der Waals surface area contributed by atoms with Gasteiger partial charge in [-0.2, -0.15) is 23.3 Å².